The highest BCUT2D eigenvalue weighted by molar-refractivity contribution is 5.98. The number of methoxy groups -OCH3 is 1. The number of para-hydroxylation sites is 2. The van der Waals surface area contributed by atoms with Gasteiger partial charge in [-0.05, 0) is 24.3 Å². The van der Waals surface area contributed by atoms with Gasteiger partial charge in [0.2, 0.25) is 0 Å². The summed E-state index contributed by atoms with van der Waals surface area (Å²) in [6.45, 7) is 1.83. The molecule has 2 aliphatic rings. The molecule has 0 fully saturated rings. The van der Waals surface area contributed by atoms with Crippen molar-refractivity contribution in [3.8, 4) is 22.9 Å². The summed E-state index contributed by atoms with van der Waals surface area (Å²) in [7, 11) is 1.28. The molecule has 3 heterocycles. The Morgan fingerprint density at radius 2 is 1.88 bits per heavy atom. The number of carbonyl (C=O) groups is 2. The van der Waals surface area contributed by atoms with Gasteiger partial charge in [0.1, 0.15) is 35.2 Å². The summed E-state index contributed by atoms with van der Waals surface area (Å²) in [4.78, 5) is 30.0. The van der Waals surface area contributed by atoms with Crippen LogP contribution >= 0.6 is 0 Å². The first-order valence-corrected chi connectivity index (χ1v) is 13.3. The monoisotopic (exact) mass is 581 g/mol. The maximum absolute atomic E-state index is 14.0. The number of amides is 1. The van der Waals surface area contributed by atoms with Crippen LogP contribution in [0.2, 0.25) is 0 Å². The number of fused-ring (bicyclic) bond motifs is 3. The van der Waals surface area contributed by atoms with Gasteiger partial charge in [-0.3, -0.25) is 19.1 Å². The highest BCUT2D eigenvalue weighted by Gasteiger charge is 2.48. The van der Waals surface area contributed by atoms with Crippen molar-refractivity contribution in [2.75, 3.05) is 25.2 Å². The average molecular weight is 582 g/mol. The highest BCUT2D eigenvalue weighted by atomic mass is 19.4. The molecule has 1 amide bonds. The Hall–Kier alpha value is -4.74. The summed E-state index contributed by atoms with van der Waals surface area (Å²) >= 11 is 0. The lowest BCUT2D eigenvalue weighted by molar-refractivity contribution is -0.171. The first kappa shape index (κ1) is 27.4. The Morgan fingerprint density at radius 1 is 1.10 bits per heavy atom. The maximum Gasteiger partial charge on any atom is 0.471 e. The van der Waals surface area contributed by atoms with Gasteiger partial charge < -0.3 is 19.3 Å². The normalized spacial score (nSPS) is 17.4. The summed E-state index contributed by atoms with van der Waals surface area (Å²) < 4.78 is 60.2. The number of benzene rings is 3. The predicted octanol–water partition coefficient (Wildman–Crippen LogP) is 5.36. The largest absolute Gasteiger partial charge is 0.506 e. The van der Waals surface area contributed by atoms with Crippen molar-refractivity contribution in [1.29, 1.82) is 0 Å². The van der Waals surface area contributed by atoms with Gasteiger partial charge >= 0.3 is 18.1 Å². The Balaban J connectivity index is 1.44. The molecular formula is C30H26F3N3O6. The zero-order chi connectivity index (χ0) is 29.8. The Morgan fingerprint density at radius 3 is 2.62 bits per heavy atom. The number of esters is 1. The minimum Gasteiger partial charge on any atom is -0.506 e. The minimum atomic E-state index is -5.17. The van der Waals surface area contributed by atoms with Gasteiger partial charge in [0.15, 0.2) is 0 Å². The number of hydrogen-bond acceptors (Lipinski definition) is 7. The number of rotatable bonds is 6. The van der Waals surface area contributed by atoms with E-state index in [2.05, 4.69) is 4.98 Å². The third-order valence-corrected chi connectivity index (χ3v) is 7.63. The molecule has 12 heteroatoms. The molecule has 42 heavy (non-hydrogen) atoms. The number of anilines is 1. The highest BCUT2D eigenvalue weighted by Crippen LogP contribution is 2.46. The second-order valence-electron chi connectivity index (χ2n) is 10.1. The zero-order valence-electron chi connectivity index (χ0n) is 22.6. The third kappa shape index (κ3) is 4.47. The molecule has 9 nitrogen and oxygen atoms in total. The number of aromatic hydroxyl groups is 1. The van der Waals surface area contributed by atoms with E-state index in [1.807, 2.05) is 6.92 Å². The number of alkyl halides is 3. The van der Waals surface area contributed by atoms with Gasteiger partial charge in [0.25, 0.3) is 0 Å². The van der Waals surface area contributed by atoms with Gasteiger partial charge in [-0.15, -0.1) is 0 Å². The van der Waals surface area contributed by atoms with Gasteiger partial charge in [-0.25, -0.2) is 4.98 Å². The van der Waals surface area contributed by atoms with Crippen LogP contribution in [0.1, 0.15) is 42.3 Å². The Labute approximate surface area is 238 Å². The molecule has 3 aromatic carbocycles. The van der Waals surface area contributed by atoms with Crippen LogP contribution in [0.25, 0.3) is 16.7 Å². The van der Waals surface area contributed by atoms with E-state index in [4.69, 9.17) is 14.2 Å². The second-order valence-corrected chi connectivity index (χ2v) is 10.1. The van der Waals surface area contributed by atoms with E-state index in [1.54, 1.807) is 41.0 Å². The lowest BCUT2D eigenvalue weighted by Crippen LogP contribution is -2.44. The van der Waals surface area contributed by atoms with Gasteiger partial charge in [0, 0.05) is 35.2 Å². The smallest absolute Gasteiger partial charge is 0.471 e. The summed E-state index contributed by atoms with van der Waals surface area (Å²) in [5, 5.41) is 10.4. The number of imidazole rings is 1. The minimum absolute atomic E-state index is 0.00178. The topological polar surface area (TPSA) is 103 Å². The van der Waals surface area contributed by atoms with E-state index in [0.29, 0.717) is 56.5 Å². The second kappa shape index (κ2) is 10.3. The molecule has 2 atom stereocenters. The van der Waals surface area contributed by atoms with Crippen molar-refractivity contribution in [2.45, 2.75) is 37.9 Å². The van der Waals surface area contributed by atoms with Crippen LogP contribution in [0, 0.1) is 0 Å². The van der Waals surface area contributed by atoms with Crippen molar-refractivity contribution in [3.63, 3.8) is 0 Å². The number of nitrogens with zero attached hydrogens (tertiary/aromatic N) is 3. The summed E-state index contributed by atoms with van der Waals surface area (Å²) in [6, 6.07) is 13.3. The van der Waals surface area contributed by atoms with Crippen molar-refractivity contribution < 1.29 is 42.1 Å². The first-order valence-electron chi connectivity index (χ1n) is 13.3. The fourth-order valence-corrected chi connectivity index (χ4v) is 5.69. The van der Waals surface area contributed by atoms with Gasteiger partial charge in [-0.1, -0.05) is 31.2 Å². The molecule has 0 unspecified atom stereocenters. The number of ether oxygens (including phenoxy) is 3. The number of aromatic nitrogens is 2. The maximum atomic E-state index is 14.0. The number of halogens is 3. The Bertz CT molecular complexity index is 1720. The van der Waals surface area contributed by atoms with Crippen LogP contribution in [-0.4, -0.2) is 53.0 Å². The molecule has 0 saturated carbocycles. The zero-order valence-corrected chi connectivity index (χ0v) is 22.6. The number of phenols is 1. The standard InChI is InChI=1S/C30H26F3N3O6/c1-3-25-34-27-20(7-5-9-23(27)37)36(25)21-8-4-6-19-22(15-42-28(19)21)35(29(39)30(31,32)33)17-10-11-18-16(12-26(38)40-2)14-41-24(18)13-17/h4-11,13,16,22,37H,3,12,14-15H2,1-2H3/t16-,22-/m1/s1. The van der Waals surface area contributed by atoms with Crippen molar-refractivity contribution in [3.05, 3.63) is 71.5 Å². The van der Waals surface area contributed by atoms with Crippen molar-refractivity contribution in [1.82, 2.24) is 9.55 Å². The molecular weight excluding hydrogens is 555 g/mol. The van der Waals surface area contributed by atoms with Crippen molar-refractivity contribution >= 4 is 28.6 Å². The fraction of sp³-hybridized carbons (Fsp3) is 0.300. The third-order valence-electron chi connectivity index (χ3n) is 7.63. The van der Waals surface area contributed by atoms with Gasteiger partial charge in [-0.2, -0.15) is 13.2 Å². The summed E-state index contributed by atoms with van der Waals surface area (Å²) in [5.41, 5.74) is 2.54. The molecule has 0 aliphatic carbocycles. The van der Waals surface area contributed by atoms with Crippen LogP contribution < -0.4 is 14.4 Å². The first-order chi connectivity index (χ1) is 20.1. The quantitative estimate of drug-likeness (QED) is 0.306. The molecule has 1 aromatic heterocycles. The molecule has 0 bridgehead atoms. The van der Waals surface area contributed by atoms with Gasteiger partial charge in [0.05, 0.1) is 37.4 Å². The van der Waals surface area contributed by atoms with E-state index in [0.717, 1.165) is 0 Å². The molecule has 218 valence electrons. The van der Waals surface area contributed by atoms with Crippen LogP contribution in [-0.2, 0) is 20.7 Å². The number of carbonyl (C=O) groups excluding carboxylic acids is 2. The van der Waals surface area contributed by atoms with E-state index in [-0.39, 0.29) is 37.0 Å². The van der Waals surface area contributed by atoms with Crippen LogP contribution in [0.15, 0.2) is 54.6 Å². The lowest BCUT2D eigenvalue weighted by atomic mass is 9.97. The predicted molar refractivity (Wildman–Crippen MR) is 145 cm³/mol. The Kier molecular flexibility index (Phi) is 6.71. The van der Waals surface area contributed by atoms with E-state index in [1.165, 1.54) is 25.3 Å². The SMILES string of the molecule is CCc1nc2c(O)cccc2n1-c1cccc2c1OC[C@H]2N(C(=O)C(F)(F)F)c1ccc2c(c1)OC[C@H]2CC(=O)OC. The number of phenolic OH excluding ortho intramolecular Hbond substituents is 1. The summed E-state index contributed by atoms with van der Waals surface area (Å²) in [5.74, 6) is -1.57. The van der Waals surface area contributed by atoms with Crippen molar-refractivity contribution in [2.24, 2.45) is 0 Å². The number of aryl methyl sites for hydroxylation is 1. The molecule has 1 N–H and O–H groups in total. The molecule has 2 aliphatic heterocycles. The van der Waals surface area contributed by atoms with E-state index in [9.17, 15) is 27.9 Å². The van der Waals surface area contributed by atoms with Crippen LogP contribution in [0.3, 0.4) is 0 Å². The number of hydrogen-bond donors (Lipinski definition) is 1. The van der Waals surface area contributed by atoms with E-state index < -0.39 is 24.1 Å². The van der Waals surface area contributed by atoms with Crippen LogP contribution in [0.4, 0.5) is 18.9 Å². The molecule has 0 spiro atoms. The molecule has 6 rings (SSSR count). The van der Waals surface area contributed by atoms with E-state index >= 15 is 0 Å². The summed E-state index contributed by atoms with van der Waals surface area (Å²) in [6.07, 6.45) is -4.60. The average Bonchev–Trinajstić information content (AvgIpc) is 3.68. The molecule has 4 aromatic rings. The molecule has 0 radical (unpaired) electrons. The fourth-order valence-electron chi connectivity index (χ4n) is 5.69. The lowest BCUT2D eigenvalue weighted by Gasteiger charge is -2.29. The van der Waals surface area contributed by atoms with Crippen LogP contribution in [0.5, 0.6) is 17.2 Å². The molecule has 0 saturated heterocycles.